The largest absolute Gasteiger partial charge is 0.369 e. The molecule has 3 nitrogen and oxygen atoms in total. The van der Waals surface area contributed by atoms with E-state index in [-0.39, 0.29) is 0 Å². The zero-order chi connectivity index (χ0) is 9.31. The van der Waals surface area contributed by atoms with E-state index in [0.29, 0.717) is 5.41 Å². The van der Waals surface area contributed by atoms with Crippen LogP contribution in [0.1, 0.15) is 12.8 Å². The fourth-order valence-corrected chi connectivity index (χ4v) is 2.59. The summed E-state index contributed by atoms with van der Waals surface area (Å²) in [5.74, 6) is 0. The summed E-state index contributed by atoms with van der Waals surface area (Å²) < 4.78 is 5.12. The first-order valence-electron chi connectivity index (χ1n) is 5.14. The molecule has 1 spiro atoms. The van der Waals surface area contributed by atoms with Gasteiger partial charge in [-0.1, -0.05) is 0 Å². The number of hydrogen-bond acceptors (Lipinski definition) is 3. The molecule has 3 heteroatoms. The zero-order valence-electron chi connectivity index (χ0n) is 8.75. The molecule has 2 heterocycles. The third kappa shape index (κ3) is 1.87. The van der Waals surface area contributed by atoms with E-state index >= 15 is 0 Å². The highest BCUT2D eigenvalue weighted by Gasteiger charge is 2.43. The van der Waals surface area contributed by atoms with Gasteiger partial charge in [0.15, 0.2) is 0 Å². The molecule has 0 amide bonds. The van der Waals surface area contributed by atoms with Crippen LogP contribution in [-0.4, -0.2) is 56.9 Å². The van der Waals surface area contributed by atoms with Gasteiger partial charge in [0, 0.05) is 20.2 Å². The van der Waals surface area contributed by atoms with Crippen molar-refractivity contribution in [2.45, 2.75) is 12.8 Å². The molecule has 0 bridgehead atoms. The Balaban J connectivity index is 1.76. The smallest absolute Gasteiger partial charge is 0.0986 e. The molecule has 0 aromatic carbocycles. The van der Waals surface area contributed by atoms with Crippen LogP contribution in [0.2, 0.25) is 0 Å². The molecule has 2 fully saturated rings. The number of rotatable bonds is 2. The minimum Gasteiger partial charge on any atom is -0.369 e. The van der Waals surface area contributed by atoms with Crippen molar-refractivity contribution in [3.05, 3.63) is 0 Å². The van der Waals surface area contributed by atoms with Gasteiger partial charge in [0.05, 0.1) is 6.73 Å². The molecule has 0 aromatic heterocycles. The van der Waals surface area contributed by atoms with E-state index in [1.807, 2.05) is 0 Å². The Hall–Kier alpha value is -0.120. The van der Waals surface area contributed by atoms with Crippen LogP contribution in [0.15, 0.2) is 0 Å². The van der Waals surface area contributed by atoms with Crippen LogP contribution in [0, 0.1) is 5.41 Å². The first kappa shape index (κ1) is 9.44. The van der Waals surface area contributed by atoms with Gasteiger partial charge in [-0.25, -0.2) is 0 Å². The second kappa shape index (κ2) is 3.56. The van der Waals surface area contributed by atoms with Gasteiger partial charge in [-0.05, 0) is 38.4 Å². The van der Waals surface area contributed by atoms with Crippen molar-refractivity contribution in [1.29, 1.82) is 0 Å². The predicted octanol–water partition coefficient (Wildman–Crippen LogP) is 0.618. The lowest BCUT2D eigenvalue weighted by Crippen LogP contribution is -2.60. The first-order chi connectivity index (χ1) is 6.24. The van der Waals surface area contributed by atoms with Gasteiger partial charge in [-0.15, -0.1) is 0 Å². The second-order valence-corrected chi connectivity index (χ2v) is 4.71. The summed E-state index contributed by atoms with van der Waals surface area (Å²) in [6.07, 6.45) is 2.76. The molecule has 0 aromatic rings. The Morgan fingerprint density at radius 3 is 2.38 bits per heavy atom. The van der Waals surface area contributed by atoms with E-state index in [0.717, 1.165) is 6.73 Å². The third-order valence-corrected chi connectivity index (χ3v) is 3.48. The summed E-state index contributed by atoms with van der Waals surface area (Å²) in [4.78, 5) is 4.83. The van der Waals surface area contributed by atoms with Crippen LogP contribution in [0.3, 0.4) is 0 Å². The molecule has 2 saturated heterocycles. The fraction of sp³-hybridized carbons (Fsp3) is 1.00. The molecule has 0 atom stereocenters. The molecule has 0 radical (unpaired) electrons. The maximum absolute atomic E-state index is 5.12. The summed E-state index contributed by atoms with van der Waals surface area (Å²) in [5.41, 5.74) is 0.658. The molecule has 0 aliphatic carbocycles. The van der Waals surface area contributed by atoms with Crippen molar-refractivity contribution in [2.24, 2.45) is 5.41 Å². The number of methoxy groups -OCH3 is 1. The summed E-state index contributed by atoms with van der Waals surface area (Å²) in [6, 6.07) is 0. The Bertz CT molecular complexity index is 168. The van der Waals surface area contributed by atoms with E-state index in [2.05, 4.69) is 16.8 Å². The molecule has 0 N–H and O–H groups in total. The van der Waals surface area contributed by atoms with Crippen LogP contribution >= 0.6 is 0 Å². The quantitative estimate of drug-likeness (QED) is 0.625. The van der Waals surface area contributed by atoms with Crippen molar-refractivity contribution >= 4 is 0 Å². The lowest BCUT2D eigenvalue weighted by molar-refractivity contribution is -0.0907. The minimum atomic E-state index is 0.658. The Kier molecular flexibility index (Phi) is 2.58. The topological polar surface area (TPSA) is 15.7 Å². The Morgan fingerprint density at radius 2 is 1.85 bits per heavy atom. The van der Waals surface area contributed by atoms with E-state index in [4.69, 9.17) is 4.74 Å². The van der Waals surface area contributed by atoms with Crippen LogP contribution in [0.5, 0.6) is 0 Å². The summed E-state index contributed by atoms with van der Waals surface area (Å²) in [5, 5.41) is 0. The van der Waals surface area contributed by atoms with Crippen LogP contribution in [0.25, 0.3) is 0 Å². The third-order valence-electron chi connectivity index (χ3n) is 3.48. The van der Waals surface area contributed by atoms with Crippen LogP contribution in [-0.2, 0) is 4.74 Å². The van der Waals surface area contributed by atoms with Crippen molar-refractivity contribution < 1.29 is 4.74 Å². The highest BCUT2D eigenvalue weighted by molar-refractivity contribution is 4.96. The van der Waals surface area contributed by atoms with Gasteiger partial charge in [-0.3, -0.25) is 4.90 Å². The number of ether oxygens (including phenoxy) is 1. The normalized spacial score (nSPS) is 29.1. The SMILES string of the molecule is COCN1CC2(CCN(C)CC2)C1. The molecule has 2 aliphatic rings. The van der Waals surface area contributed by atoms with Gasteiger partial charge >= 0.3 is 0 Å². The minimum absolute atomic E-state index is 0.658. The second-order valence-electron chi connectivity index (χ2n) is 4.71. The van der Waals surface area contributed by atoms with E-state index in [1.165, 1.54) is 39.0 Å². The summed E-state index contributed by atoms with van der Waals surface area (Å²) in [6.45, 7) is 5.89. The summed E-state index contributed by atoms with van der Waals surface area (Å²) in [7, 11) is 4.00. The lowest BCUT2D eigenvalue weighted by Gasteiger charge is -2.53. The lowest BCUT2D eigenvalue weighted by atomic mass is 9.72. The predicted molar refractivity (Wildman–Crippen MR) is 52.6 cm³/mol. The van der Waals surface area contributed by atoms with Crippen molar-refractivity contribution in [3.63, 3.8) is 0 Å². The molecule has 76 valence electrons. The zero-order valence-corrected chi connectivity index (χ0v) is 8.75. The Morgan fingerprint density at radius 1 is 1.23 bits per heavy atom. The molecule has 2 aliphatic heterocycles. The van der Waals surface area contributed by atoms with Crippen molar-refractivity contribution in [3.8, 4) is 0 Å². The van der Waals surface area contributed by atoms with Crippen molar-refractivity contribution in [2.75, 3.05) is 47.1 Å². The molecular formula is C10H20N2O. The van der Waals surface area contributed by atoms with Crippen LogP contribution in [0.4, 0.5) is 0 Å². The number of hydrogen-bond donors (Lipinski definition) is 0. The molecule has 0 unspecified atom stereocenters. The van der Waals surface area contributed by atoms with Crippen LogP contribution < -0.4 is 0 Å². The van der Waals surface area contributed by atoms with Gasteiger partial charge in [0.25, 0.3) is 0 Å². The highest BCUT2D eigenvalue weighted by Crippen LogP contribution is 2.39. The van der Waals surface area contributed by atoms with E-state index in [9.17, 15) is 0 Å². The monoisotopic (exact) mass is 184 g/mol. The van der Waals surface area contributed by atoms with Gasteiger partial charge in [0.1, 0.15) is 0 Å². The average Bonchev–Trinajstić information content (AvgIpc) is 2.07. The number of nitrogens with zero attached hydrogens (tertiary/aromatic N) is 2. The first-order valence-corrected chi connectivity index (χ1v) is 5.14. The van der Waals surface area contributed by atoms with Gasteiger partial charge in [-0.2, -0.15) is 0 Å². The average molecular weight is 184 g/mol. The molecular weight excluding hydrogens is 164 g/mol. The van der Waals surface area contributed by atoms with Gasteiger partial charge in [0.2, 0.25) is 0 Å². The number of piperidine rings is 1. The fourth-order valence-electron chi connectivity index (χ4n) is 2.59. The standard InChI is InChI=1S/C10H20N2O/c1-11-5-3-10(4-6-11)7-12(8-10)9-13-2/h3-9H2,1-2H3. The maximum Gasteiger partial charge on any atom is 0.0986 e. The Labute approximate surface area is 80.6 Å². The van der Waals surface area contributed by atoms with E-state index < -0.39 is 0 Å². The molecule has 0 saturated carbocycles. The highest BCUT2D eigenvalue weighted by atomic mass is 16.5. The molecule has 13 heavy (non-hydrogen) atoms. The molecule has 2 rings (SSSR count). The number of likely N-dealkylation sites (tertiary alicyclic amines) is 2. The maximum atomic E-state index is 5.12. The van der Waals surface area contributed by atoms with E-state index in [1.54, 1.807) is 7.11 Å². The van der Waals surface area contributed by atoms with Crippen molar-refractivity contribution in [1.82, 2.24) is 9.80 Å². The van der Waals surface area contributed by atoms with Gasteiger partial charge < -0.3 is 9.64 Å². The summed E-state index contributed by atoms with van der Waals surface area (Å²) >= 11 is 0.